The topological polar surface area (TPSA) is 27.1 Å². The maximum atomic E-state index is 5.32. The predicted octanol–water partition coefficient (Wildman–Crippen LogP) is 1.76. The maximum absolute atomic E-state index is 5.32. The van der Waals surface area contributed by atoms with Crippen LogP contribution in [0.15, 0.2) is 6.07 Å². The fourth-order valence-corrected chi connectivity index (χ4v) is 1.75. The summed E-state index contributed by atoms with van der Waals surface area (Å²) < 4.78 is 7.44. The number of hydrogen-bond acceptors (Lipinski definition) is 2. The minimum Gasteiger partial charge on any atom is -0.375 e. The summed E-state index contributed by atoms with van der Waals surface area (Å²) in [6.45, 7) is 4.52. The molecule has 0 radical (unpaired) electrons. The molecule has 13 heavy (non-hydrogen) atoms. The molecule has 0 aromatic carbocycles. The number of rotatable bonds is 3. The van der Waals surface area contributed by atoms with Gasteiger partial charge in [0.15, 0.2) is 0 Å². The van der Waals surface area contributed by atoms with Crippen LogP contribution in [-0.4, -0.2) is 16.4 Å². The van der Waals surface area contributed by atoms with Crippen molar-refractivity contribution in [2.24, 2.45) is 0 Å². The van der Waals surface area contributed by atoms with E-state index < -0.39 is 0 Å². The lowest BCUT2D eigenvalue weighted by atomic mass is 10.1. The minimum absolute atomic E-state index is 0.663. The lowest BCUT2D eigenvalue weighted by molar-refractivity contribution is 0.130. The third-order valence-corrected chi connectivity index (χ3v) is 2.42. The third kappa shape index (κ3) is 1.91. The van der Waals surface area contributed by atoms with Gasteiger partial charge in [-0.05, 0) is 32.3 Å². The standard InChI is InChI=1S/C10H16N2O/c1-2-13-8-9-7-10-5-3-4-6-12(10)11-9/h7H,2-6,8H2,1H3. The van der Waals surface area contributed by atoms with Gasteiger partial charge in [0.25, 0.3) is 0 Å². The van der Waals surface area contributed by atoms with Crippen molar-refractivity contribution >= 4 is 0 Å². The van der Waals surface area contributed by atoms with Crippen molar-refractivity contribution < 1.29 is 4.74 Å². The average Bonchev–Trinajstić information content (AvgIpc) is 2.57. The highest BCUT2D eigenvalue weighted by Gasteiger charge is 2.11. The van der Waals surface area contributed by atoms with Crippen LogP contribution in [0.4, 0.5) is 0 Å². The first-order chi connectivity index (χ1) is 6.40. The SMILES string of the molecule is CCOCc1cc2n(n1)CCCC2. The summed E-state index contributed by atoms with van der Waals surface area (Å²) >= 11 is 0. The number of nitrogens with zero attached hydrogens (tertiary/aromatic N) is 2. The van der Waals surface area contributed by atoms with Crippen LogP contribution in [0.2, 0.25) is 0 Å². The summed E-state index contributed by atoms with van der Waals surface area (Å²) in [6, 6.07) is 2.18. The van der Waals surface area contributed by atoms with Crippen molar-refractivity contribution in [1.82, 2.24) is 9.78 Å². The normalized spacial score (nSPS) is 15.8. The molecule has 1 aromatic rings. The molecule has 0 N–H and O–H groups in total. The minimum atomic E-state index is 0.663. The molecule has 3 heteroatoms. The van der Waals surface area contributed by atoms with Gasteiger partial charge in [-0.1, -0.05) is 0 Å². The fourth-order valence-electron chi connectivity index (χ4n) is 1.75. The monoisotopic (exact) mass is 180 g/mol. The highest BCUT2D eigenvalue weighted by molar-refractivity contribution is 5.11. The Kier molecular flexibility index (Phi) is 2.64. The first-order valence-corrected chi connectivity index (χ1v) is 5.03. The number of fused-ring (bicyclic) bond motifs is 1. The Hall–Kier alpha value is -0.830. The Morgan fingerprint density at radius 3 is 3.23 bits per heavy atom. The smallest absolute Gasteiger partial charge is 0.0906 e. The first-order valence-electron chi connectivity index (χ1n) is 5.03. The summed E-state index contributed by atoms with van der Waals surface area (Å²) in [4.78, 5) is 0. The van der Waals surface area contributed by atoms with Crippen LogP contribution in [0.5, 0.6) is 0 Å². The predicted molar refractivity (Wildman–Crippen MR) is 50.5 cm³/mol. The Morgan fingerprint density at radius 2 is 2.46 bits per heavy atom. The maximum Gasteiger partial charge on any atom is 0.0906 e. The third-order valence-electron chi connectivity index (χ3n) is 2.42. The number of aromatic nitrogens is 2. The summed E-state index contributed by atoms with van der Waals surface area (Å²) in [5, 5.41) is 4.48. The van der Waals surface area contributed by atoms with Crippen LogP contribution in [0.1, 0.15) is 31.2 Å². The lowest BCUT2D eigenvalue weighted by Crippen LogP contribution is -2.10. The molecule has 1 aliphatic heterocycles. The molecule has 0 amide bonds. The lowest BCUT2D eigenvalue weighted by Gasteiger charge is -2.11. The largest absolute Gasteiger partial charge is 0.375 e. The molecule has 72 valence electrons. The first kappa shape index (κ1) is 8.75. The molecule has 0 saturated carbocycles. The van der Waals surface area contributed by atoms with Gasteiger partial charge in [-0.25, -0.2) is 0 Å². The van der Waals surface area contributed by atoms with Crippen molar-refractivity contribution in [2.75, 3.05) is 6.61 Å². The van der Waals surface area contributed by atoms with E-state index in [0.29, 0.717) is 6.61 Å². The molecule has 0 spiro atoms. The van der Waals surface area contributed by atoms with Gasteiger partial charge in [0, 0.05) is 18.8 Å². The molecule has 0 unspecified atom stereocenters. The van der Waals surface area contributed by atoms with Crippen LogP contribution < -0.4 is 0 Å². The molecule has 1 aromatic heterocycles. The van der Waals surface area contributed by atoms with E-state index in [0.717, 1.165) is 18.8 Å². The second-order valence-electron chi connectivity index (χ2n) is 3.44. The van der Waals surface area contributed by atoms with E-state index >= 15 is 0 Å². The molecule has 0 fully saturated rings. The van der Waals surface area contributed by atoms with Gasteiger partial charge in [0.2, 0.25) is 0 Å². The Bertz CT molecular complexity index is 257. The van der Waals surface area contributed by atoms with Crippen molar-refractivity contribution in [3.8, 4) is 0 Å². The molecule has 0 aliphatic carbocycles. The molecule has 0 saturated heterocycles. The van der Waals surface area contributed by atoms with E-state index in [1.165, 1.54) is 25.0 Å². The van der Waals surface area contributed by atoms with Crippen molar-refractivity contribution in [3.05, 3.63) is 17.5 Å². The Morgan fingerprint density at radius 1 is 1.54 bits per heavy atom. The second-order valence-corrected chi connectivity index (χ2v) is 3.44. The zero-order valence-corrected chi connectivity index (χ0v) is 8.12. The molecule has 0 bridgehead atoms. The van der Waals surface area contributed by atoms with Gasteiger partial charge >= 0.3 is 0 Å². The van der Waals surface area contributed by atoms with E-state index in [4.69, 9.17) is 4.74 Å². The highest BCUT2D eigenvalue weighted by Crippen LogP contribution is 2.15. The molecule has 2 rings (SSSR count). The molecular weight excluding hydrogens is 164 g/mol. The van der Waals surface area contributed by atoms with Gasteiger partial charge in [0.1, 0.15) is 0 Å². The van der Waals surface area contributed by atoms with Gasteiger partial charge < -0.3 is 4.74 Å². The molecule has 1 aliphatic rings. The van der Waals surface area contributed by atoms with Gasteiger partial charge in [0.05, 0.1) is 12.3 Å². The highest BCUT2D eigenvalue weighted by atomic mass is 16.5. The average molecular weight is 180 g/mol. The van der Waals surface area contributed by atoms with Crippen LogP contribution >= 0.6 is 0 Å². The van der Waals surface area contributed by atoms with Crippen molar-refractivity contribution in [3.63, 3.8) is 0 Å². The van der Waals surface area contributed by atoms with Crippen molar-refractivity contribution in [1.29, 1.82) is 0 Å². The van der Waals surface area contributed by atoms with Gasteiger partial charge in [-0.3, -0.25) is 4.68 Å². The summed E-state index contributed by atoms with van der Waals surface area (Å²) in [5.41, 5.74) is 2.46. The van der Waals surface area contributed by atoms with Crippen LogP contribution in [0.3, 0.4) is 0 Å². The van der Waals surface area contributed by atoms with E-state index in [2.05, 4.69) is 15.8 Å². The zero-order chi connectivity index (χ0) is 9.10. The molecule has 0 atom stereocenters. The number of hydrogen-bond donors (Lipinski definition) is 0. The summed E-state index contributed by atoms with van der Waals surface area (Å²) in [6.07, 6.45) is 3.75. The van der Waals surface area contributed by atoms with Crippen LogP contribution in [0.25, 0.3) is 0 Å². The number of ether oxygens (including phenoxy) is 1. The van der Waals surface area contributed by atoms with Crippen molar-refractivity contribution in [2.45, 2.75) is 39.3 Å². The zero-order valence-electron chi connectivity index (χ0n) is 8.12. The Balaban J connectivity index is 2.07. The molecular formula is C10H16N2O. The van der Waals surface area contributed by atoms with E-state index in [1.54, 1.807) is 0 Å². The summed E-state index contributed by atoms with van der Waals surface area (Å²) in [5.74, 6) is 0. The quantitative estimate of drug-likeness (QED) is 0.708. The van der Waals surface area contributed by atoms with E-state index in [1.807, 2.05) is 6.92 Å². The van der Waals surface area contributed by atoms with E-state index in [9.17, 15) is 0 Å². The van der Waals surface area contributed by atoms with Gasteiger partial charge in [-0.2, -0.15) is 5.10 Å². The van der Waals surface area contributed by atoms with Crippen LogP contribution in [-0.2, 0) is 24.3 Å². The molecule has 2 heterocycles. The number of aryl methyl sites for hydroxylation is 2. The molecule has 3 nitrogen and oxygen atoms in total. The van der Waals surface area contributed by atoms with E-state index in [-0.39, 0.29) is 0 Å². The van der Waals surface area contributed by atoms with Gasteiger partial charge in [-0.15, -0.1) is 0 Å². The summed E-state index contributed by atoms with van der Waals surface area (Å²) in [7, 11) is 0. The van der Waals surface area contributed by atoms with Crippen LogP contribution in [0, 0.1) is 0 Å². The Labute approximate surface area is 78.7 Å². The second kappa shape index (κ2) is 3.92. The fraction of sp³-hybridized carbons (Fsp3) is 0.700.